The van der Waals surface area contributed by atoms with E-state index >= 15 is 0 Å². The average molecular weight is 273 g/mol. The number of nitrogens with zero attached hydrogens (tertiary/aromatic N) is 1. The zero-order valence-corrected chi connectivity index (χ0v) is 10.5. The molecule has 0 atom stereocenters. The quantitative estimate of drug-likeness (QED) is 0.806. The number of H-pyrrole nitrogens is 1. The first-order chi connectivity index (χ1) is 9.60. The molecule has 2 aromatic rings. The van der Waals surface area contributed by atoms with Crippen molar-refractivity contribution >= 4 is 17.6 Å². The Labute approximate surface area is 113 Å². The Morgan fingerprint density at radius 1 is 1.15 bits per heavy atom. The summed E-state index contributed by atoms with van der Waals surface area (Å²) < 4.78 is 4.57. The number of benzene rings is 1. The number of carbonyl (C=O) groups excluding carboxylic acids is 2. The minimum atomic E-state index is -0.466. The lowest BCUT2D eigenvalue weighted by Gasteiger charge is -2.05. The summed E-state index contributed by atoms with van der Waals surface area (Å²) >= 11 is 0. The number of anilines is 1. The van der Waals surface area contributed by atoms with Crippen molar-refractivity contribution in [1.82, 2.24) is 10.2 Å². The van der Waals surface area contributed by atoms with E-state index in [4.69, 9.17) is 0 Å². The van der Waals surface area contributed by atoms with Crippen LogP contribution in [0.25, 0.3) is 0 Å². The molecule has 1 heterocycles. The number of amides is 1. The van der Waals surface area contributed by atoms with Crippen LogP contribution in [-0.2, 0) is 4.74 Å². The highest BCUT2D eigenvalue weighted by Gasteiger charge is 2.09. The summed E-state index contributed by atoms with van der Waals surface area (Å²) in [6.45, 7) is 0. The second-order valence-electron chi connectivity index (χ2n) is 3.83. The van der Waals surface area contributed by atoms with Crippen molar-refractivity contribution in [3.05, 3.63) is 58.0 Å². The molecule has 0 aliphatic carbocycles. The maximum Gasteiger partial charge on any atom is 0.337 e. The molecule has 1 aromatic heterocycles. The van der Waals surface area contributed by atoms with Gasteiger partial charge < -0.3 is 10.1 Å². The third-order valence-electron chi connectivity index (χ3n) is 2.48. The number of nitrogens with one attached hydrogen (secondary N) is 2. The van der Waals surface area contributed by atoms with Gasteiger partial charge in [-0.25, -0.2) is 9.89 Å². The molecule has 0 unspecified atom stereocenters. The molecular weight excluding hydrogens is 262 g/mol. The van der Waals surface area contributed by atoms with Crippen molar-refractivity contribution in [2.24, 2.45) is 0 Å². The molecule has 0 aliphatic rings. The molecule has 0 spiro atoms. The summed E-state index contributed by atoms with van der Waals surface area (Å²) in [5.41, 5.74) is 0.578. The smallest absolute Gasteiger partial charge is 0.337 e. The van der Waals surface area contributed by atoms with Crippen LogP contribution in [0.1, 0.15) is 20.8 Å². The van der Waals surface area contributed by atoms with Gasteiger partial charge in [-0.05, 0) is 30.3 Å². The number of rotatable bonds is 3. The van der Waals surface area contributed by atoms with Crippen molar-refractivity contribution < 1.29 is 14.3 Å². The fourth-order valence-electron chi connectivity index (χ4n) is 1.47. The van der Waals surface area contributed by atoms with Crippen LogP contribution in [0.5, 0.6) is 0 Å². The molecule has 1 aromatic carbocycles. The summed E-state index contributed by atoms with van der Waals surface area (Å²) in [5.74, 6) is -0.919. The second-order valence-corrected chi connectivity index (χ2v) is 3.83. The van der Waals surface area contributed by atoms with E-state index < -0.39 is 11.9 Å². The predicted octanol–water partition coefficient (Wildman–Crippen LogP) is 0.809. The minimum absolute atomic E-state index is 0.0849. The summed E-state index contributed by atoms with van der Waals surface area (Å²) in [6, 6.07) is 8.72. The fraction of sp³-hybridized carbons (Fsp3) is 0.0769. The number of ether oxygens (including phenoxy) is 1. The van der Waals surface area contributed by atoms with Crippen molar-refractivity contribution in [2.75, 3.05) is 12.4 Å². The lowest BCUT2D eigenvalue weighted by molar-refractivity contribution is 0.0600. The monoisotopic (exact) mass is 273 g/mol. The summed E-state index contributed by atoms with van der Waals surface area (Å²) in [6.07, 6.45) is 0. The number of hydrogen-bond donors (Lipinski definition) is 2. The third-order valence-corrected chi connectivity index (χ3v) is 2.48. The maximum absolute atomic E-state index is 11.8. The molecule has 7 heteroatoms. The van der Waals surface area contributed by atoms with Gasteiger partial charge in [0.25, 0.3) is 11.5 Å². The van der Waals surface area contributed by atoms with Crippen molar-refractivity contribution in [3.8, 4) is 0 Å². The van der Waals surface area contributed by atoms with Gasteiger partial charge in [-0.3, -0.25) is 9.59 Å². The summed E-state index contributed by atoms with van der Waals surface area (Å²) in [7, 11) is 1.29. The molecule has 0 radical (unpaired) electrons. The van der Waals surface area contributed by atoms with E-state index in [0.717, 1.165) is 0 Å². The molecule has 0 fully saturated rings. The molecule has 0 aliphatic heterocycles. The maximum atomic E-state index is 11.8. The second kappa shape index (κ2) is 5.79. The number of aromatic amines is 1. The van der Waals surface area contributed by atoms with E-state index in [-0.39, 0.29) is 11.3 Å². The topological polar surface area (TPSA) is 101 Å². The Morgan fingerprint density at radius 3 is 2.40 bits per heavy atom. The highest BCUT2D eigenvalue weighted by molar-refractivity contribution is 6.02. The van der Waals surface area contributed by atoms with Gasteiger partial charge in [0, 0.05) is 11.8 Å². The standard InChI is InChI=1S/C13H11N3O4/c1-20-13(19)8-2-4-9(5-3-8)14-12(18)10-6-7-11(17)16-15-10/h2-7H,1H3,(H,14,18)(H,16,17). The van der Waals surface area contributed by atoms with Crippen LogP contribution >= 0.6 is 0 Å². The van der Waals surface area contributed by atoms with Gasteiger partial charge in [0.2, 0.25) is 0 Å². The van der Waals surface area contributed by atoms with Gasteiger partial charge in [-0.15, -0.1) is 0 Å². The van der Waals surface area contributed by atoms with Gasteiger partial charge in [-0.2, -0.15) is 5.10 Å². The number of carbonyl (C=O) groups is 2. The largest absolute Gasteiger partial charge is 0.465 e. The van der Waals surface area contributed by atoms with Gasteiger partial charge in [0.1, 0.15) is 5.69 Å². The van der Waals surface area contributed by atoms with E-state index in [1.165, 1.54) is 31.4 Å². The lowest BCUT2D eigenvalue weighted by atomic mass is 10.2. The molecular formula is C13H11N3O4. The number of esters is 1. The zero-order valence-electron chi connectivity index (χ0n) is 10.5. The molecule has 0 bridgehead atoms. The van der Waals surface area contributed by atoms with Crippen LogP contribution in [-0.4, -0.2) is 29.2 Å². The molecule has 2 rings (SSSR count). The van der Waals surface area contributed by atoms with E-state index in [1.54, 1.807) is 12.1 Å². The molecule has 1 amide bonds. The molecule has 7 nitrogen and oxygen atoms in total. The highest BCUT2D eigenvalue weighted by atomic mass is 16.5. The Hall–Kier alpha value is -2.96. The van der Waals surface area contributed by atoms with Crippen LogP contribution in [0.2, 0.25) is 0 Å². The molecule has 20 heavy (non-hydrogen) atoms. The highest BCUT2D eigenvalue weighted by Crippen LogP contribution is 2.11. The minimum Gasteiger partial charge on any atom is -0.465 e. The normalized spacial score (nSPS) is 9.85. The Kier molecular flexibility index (Phi) is 3.90. The van der Waals surface area contributed by atoms with Crippen LogP contribution in [0, 0.1) is 0 Å². The Morgan fingerprint density at radius 2 is 1.85 bits per heavy atom. The molecule has 0 saturated carbocycles. The Bertz CT molecular complexity index is 671. The predicted molar refractivity (Wildman–Crippen MR) is 70.6 cm³/mol. The SMILES string of the molecule is COC(=O)c1ccc(NC(=O)c2ccc(=O)[nH]n2)cc1. The Balaban J connectivity index is 2.10. The van der Waals surface area contributed by atoms with Crippen LogP contribution in [0.4, 0.5) is 5.69 Å². The van der Waals surface area contributed by atoms with Gasteiger partial charge >= 0.3 is 5.97 Å². The first-order valence-corrected chi connectivity index (χ1v) is 5.65. The molecule has 0 saturated heterocycles. The van der Waals surface area contributed by atoms with Gasteiger partial charge in [0.15, 0.2) is 0 Å². The number of methoxy groups -OCH3 is 1. The number of aromatic nitrogens is 2. The average Bonchev–Trinajstić information content (AvgIpc) is 2.48. The molecule has 2 N–H and O–H groups in total. The van der Waals surface area contributed by atoms with Crippen molar-refractivity contribution in [3.63, 3.8) is 0 Å². The van der Waals surface area contributed by atoms with Gasteiger partial charge in [-0.1, -0.05) is 0 Å². The van der Waals surface area contributed by atoms with E-state index in [9.17, 15) is 14.4 Å². The first kappa shape index (κ1) is 13.5. The first-order valence-electron chi connectivity index (χ1n) is 5.65. The van der Waals surface area contributed by atoms with E-state index in [1.807, 2.05) is 0 Å². The lowest BCUT2D eigenvalue weighted by Crippen LogP contribution is -2.17. The fourth-order valence-corrected chi connectivity index (χ4v) is 1.47. The van der Waals surface area contributed by atoms with Crippen molar-refractivity contribution in [1.29, 1.82) is 0 Å². The van der Waals surface area contributed by atoms with Crippen LogP contribution in [0.3, 0.4) is 0 Å². The van der Waals surface area contributed by atoms with E-state index in [2.05, 4.69) is 20.3 Å². The van der Waals surface area contributed by atoms with Crippen LogP contribution < -0.4 is 10.9 Å². The van der Waals surface area contributed by atoms with E-state index in [0.29, 0.717) is 11.3 Å². The molecule has 102 valence electrons. The summed E-state index contributed by atoms with van der Waals surface area (Å²) in [5, 5.41) is 8.37. The zero-order chi connectivity index (χ0) is 14.5. The van der Waals surface area contributed by atoms with Crippen LogP contribution in [0.15, 0.2) is 41.2 Å². The number of hydrogen-bond acceptors (Lipinski definition) is 5. The van der Waals surface area contributed by atoms with Gasteiger partial charge in [0.05, 0.1) is 12.7 Å². The van der Waals surface area contributed by atoms with Crippen molar-refractivity contribution in [2.45, 2.75) is 0 Å². The third kappa shape index (κ3) is 3.08. The summed E-state index contributed by atoms with van der Waals surface area (Å²) in [4.78, 5) is 33.9.